The highest BCUT2D eigenvalue weighted by molar-refractivity contribution is 6.31. The molecule has 1 aromatic heterocycles. The molecule has 0 aliphatic carbocycles. The van der Waals surface area contributed by atoms with Crippen molar-refractivity contribution in [3.05, 3.63) is 104 Å². The first kappa shape index (κ1) is 28.4. The maximum absolute atomic E-state index is 13.9. The molecule has 1 unspecified atom stereocenters. The van der Waals surface area contributed by atoms with Crippen LogP contribution in [0.1, 0.15) is 78.1 Å². The summed E-state index contributed by atoms with van der Waals surface area (Å²) in [5, 5.41) is 0.690. The van der Waals surface area contributed by atoms with Crippen molar-refractivity contribution in [3.63, 3.8) is 0 Å². The summed E-state index contributed by atoms with van der Waals surface area (Å²) >= 11 is 6.21. The molecule has 0 N–H and O–H groups in total. The predicted molar refractivity (Wildman–Crippen MR) is 159 cm³/mol. The molecule has 1 aliphatic rings. The van der Waals surface area contributed by atoms with Crippen LogP contribution in [0.5, 0.6) is 5.75 Å². The van der Waals surface area contributed by atoms with E-state index in [-0.39, 0.29) is 22.3 Å². The van der Waals surface area contributed by atoms with E-state index in [0.717, 1.165) is 19.3 Å². The maximum atomic E-state index is 13.9. The Morgan fingerprint density at radius 2 is 1.80 bits per heavy atom. The summed E-state index contributed by atoms with van der Waals surface area (Å²) in [5.41, 5.74) is 1.75. The smallest absolute Gasteiger partial charge is 0.338 e. The van der Waals surface area contributed by atoms with Crippen LogP contribution in [0, 0.1) is 5.92 Å². The molecule has 0 spiro atoms. The minimum absolute atomic E-state index is 0.0241. The van der Waals surface area contributed by atoms with Crippen LogP contribution in [0.4, 0.5) is 5.69 Å². The molecule has 8 heteroatoms. The van der Waals surface area contributed by atoms with Gasteiger partial charge in [-0.05, 0) is 78.9 Å². The van der Waals surface area contributed by atoms with Crippen LogP contribution in [0.2, 0.25) is 5.02 Å². The standard InChI is InChI=1S/C33H32ClNO6/c1-4-5-16-40-33(38)21-9-12-24(13-10-21)35-29(22-7-6-8-25(18-22)39-17-15-20(2)3)28-30(36)26-19-23(34)11-14-27(26)41-31(28)32(35)37/h6-14,18-20,29H,4-5,15-17H2,1-3H3. The summed E-state index contributed by atoms with van der Waals surface area (Å²) in [6, 6.07) is 18.0. The SMILES string of the molecule is CCCCOC(=O)c1ccc(N2C(=O)c3oc4ccc(Cl)cc4c(=O)c3C2c2cccc(OCCC(C)C)c2)cc1. The van der Waals surface area contributed by atoms with Gasteiger partial charge >= 0.3 is 5.97 Å². The molecule has 41 heavy (non-hydrogen) atoms. The molecule has 0 saturated heterocycles. The Morgan fingerprint density at radius 3 is 2.54 bits per heavy atom. The van der Waals surface area contributed by atoms with Gasteiger partial charge in [0.2, 0.25) is 5.76 Å². The van der Waals surface area contributed by atoms with Crippen LogP contribution in [0.3, 0.4) is 0 Å². The van der Waals surface area contributed by atoms with E-state index in [1.165, 1.54) is 4.90 Å². The zero-order valence-corrected chi connectivity index (χ0v) is 24.1. The quantitative estimate of drug-likeness (QED) is 0.144. The fraction of sp³-hybridized carbons (Fsp3) is 0.303. The van der Waals surface area contributed by atoms with Crippen molar-refractivity contribution in [1.29, 1.82) is 0 Å². The molecule has 0 radical (unpaired) electrons. The molecule has 2 heterocycles. The summed E-state index contributed by atoms with van der Waals surface area (Å²) in [5.74, 6) is 0.225. The number of anilines is 1. The Balaban J connectivity index is 1.59. The van der Waals surface area contributed by atoms with Gasteiger partial charge in [-0.15, -0.1) is 0 Å². The van der Waals surface area contributed by atoms with Gasteiger partial charge in [-0.3, -0.25) is 14.5 Å². The molecule has 0 fully saturated rings. The van der Waals surface area contributed by atoms with E-state index in [9.17, 15) is 14.4 Å². The first-order chi connectivity index (χ1) is 19.8. The molecule has 4 aromatic rings. The third-order valence-corrected chi connectivity index (χ3v) is 7.32. The lowest BCUT2D eigenvalue weighted by atomic mass is 9.98. The van der Waals surface area contributed by atoms with E-state index in [2.05, 4.69) is 13.8 Å². The number of esters is 1. The first-order valence-corrected chi connectivity index (χ1v) is 14.3. The molecule has 0 saturated carbocycles. The highest BCUT2D eigenvalue weighted by Crippen LogP contribution is 2.42. The zero-order chi connectivity index (χ0) is 29.1. The van der Waals surface area contributed by atoms with E-state index in [1.54, 1.807) is 42.5 Å². The van der Waals surface area contributed by atoms with Crippen molar-refractivity contribution in [2.45, 2.75) is 46.1 Å². The van der Waals surface area contributed by atoms with Crippen molar-refractivity contribution in [2.75, 3.05) is 18.1 Å². The van der Waals surface area contributed by atoms with Gasteiger partial charge in [-0.1, -0.05) is 50.9 Å². The number of benzene rings is 3. The van der Waals surface area contributed by atoms with Crippen molar-refractivity contribution in [3.8, 4) is 5.75 Å². The normalized spacial score (nSPS) is 14.5. The summed E-state index contributed by atoms with van der Waals surface area (Å²) in [6.45, 7) is 7.18. The van der Waals surface area contributed by atoms with Crippen LogP contribution in [0.15, 0.2) is 75.9 Å². The molecular weight excluding hydrogens is 542 g/mol. The number of hydrogen-bond acceptors (Lipinski definition) is 6. The monoisotopic (exact) mass is 573 g/mol. The minimum Gasteiger partial charge on any atom is -0.494 e. The predicted octanol–water partition coefficient (Wildman–Crippen LogP) is 7.58. The number of fused-ring (bicyclic) bond motifs is 2. The van der Waals surface area contributed by atoms with Gasteiger partial charge in [0.15, 0.2) is 5.43 Å². The largest absolute Gasteiger partial charge is 0.494 e. The lowest BCUT2D eigenvalue weighted by Gasteiger charge is -2.25. The number of nitrogens with zero attached hydrogens (tertiary/aromatic N) is 1. The summed E-state index contributed by atoms with van der Waals surface area (Å²) < 4.78 is 17.4. The van der Waals surface area contributed by atoms with Crippen molar-refractivity contribution in [1.82, 2.24) is 0 Å². The molecular formula is C33H32ClNO6. The molecule has 212 valence electrons. The molecule has 3 aromatic carbocycles. The Labute approximate surface area is 243 Å². The van der Waals surface area contributed by atoms with E-state index < -0.39 is 17.9 Å². The van der Waals surface area contributed by atoms with Crippen LogP contribution in [-0.2, 0) is 4.74 Å². The molecule has 5 rings (SSSR count). The van der Waals surface area contributed by atoms with Gasteiger partial charge in [0.05, 0.1) is 35.8 Å². The summed E-state index contributed by atoms with van der Waals surface area (Å²) in [7, 11) is 0. The van der Waals surface area contributed by atoms with Gasteiger partial charge in [0, 0.05) is 10.7 Å². The third kappa shape index (κ3) is 5.86. The average molecular weight is 574 g/mol. The van der Waals surface area contributed by atoms with Crippen molar-refractivity contribution in [2.24, 2.45) is 5.92 Å². The molecule has 0 bridgehead atoms. The fourth-order valence-corrected chi connectivity index (χ4v) is 5.04. The lowest BCUT2D eigenvalue weighted by Crippen LogP contribution is -2.29. The Morgan fingerprint density at radius 1 is 1.02 bits per heavy atom. The van der Waals surface area contributed by atoms with Gasteiger partial charge in [-0.2, -0.15) is 0 Å². The van der Waals surface area contributed by atoms with Gasteiger partial charge in [0.25, 0.3) is 5.91 Å². The van der Waals surface area contributed by atoms with Gasteiger partial charge in [0.1, 0.15) is 11.3 Å². The topological polar surface area (TPSA) is 86.0 Å². The molecule has 7 nitrogen and oxygen atoms in total. The number of rotatable bonds is 10. The van der Waals surface area contributed by atoms with Crippen molar-refractivity contribution < 1.29 is 23.5 Å². The second-order valence-electron chi connectivity index (χ2n) is 10.5. The number of carbonyl (C=O) groups is 2. The van der Waals surface area contributed by atoms with Crippen LogP contribution in [0.25, 0.3) is 11.0 Å². The summed E-state index contributed by atoms with van der Waals surface area (Å²) in [6.07, 6.45) is 2.60. The first-order valence-electron chi connectivity index (χ1n) is 13.9. The number of carbonyl (C=O) groups excluding carboxylic acids is 2. The van der Waals surface area contributed by atoms with E-state index in [4.69, 9.17) is 25.5 Å². The van der Waals surface area contributed by atoms with Crippen molar-refractivity contribution >= 4 is 40.1 Å². The van der Waals surface area contributed by atoms with E-state index in [1.807, 2.05) is 31.2 Å². The average Bonchev–Trinajstić information content (AvgIpc) is 3.26. The number of unbranched alkanes of at least 4 members (excludes halogenated alkanes) is 1. The fourth-order valence-electron chi connectivity index (χ4n) is 4.86. The second-order valence-corrected chi connectivity index (χ2v) is 11.0. The minimum atomic E-state index is -0.784. The van der Waals surface area contributed by atoms with E-state index >= 15 is 0 Å². The number of halogens is 1. The molecule has 1 amide bonds. The number of ether oxygens (including phenoxy) is 2. The number of amides is 1. The van der Waals surface area contributed by atoms with Crippen LogP contribution in [-0.4, -0.2) is 25.1 Å². The van der Waals surface area contributed by atoms with Gasteiger partial charge in [-0.25, -0.2) is 4.79 Å². The Kier molecular flexibility index (Phi) is 8.45. The summed E-state index contributed by atoms with van der Waals surface area (Å²) in [4.78, 5) is 41.8. The Bertz CT molecular complexity index is 1640. The maximum Gasteiger partial charge on any atom is 0.338 e. The molecule has 1 aliphatic heterocycles. The third-order valence-electron chi connectivity index (χ3n) is 7.08. The van der Waals surface area contributed by atoms with Crippen LogP contribution < -0.4 is 15.1 Å². The Hall–Kier alpha value is -4.10. The van der Waals surface area contributed by atoms with Gasteiger partial charge < -0.3 is 13.9 Å². The highest BCUT2D eigenvalue weighted by Gasteiger charge is 2.43. The number of hydrogen-bond donors (Lipinski definition) is 0. The molecule has 1 atom stereocenters. The zero-order valence-electron chi connectivity index (χ0n) is 23.3. The lowest BCUT2D eigenvalue weighted by molar-refractivity contribution is 0.0499. The van der Waals surface area contributed by atoms with Crippen LogP contribution >= 0.6 is 11.6 Å². The second kappa shape index (κ2) is 12.2. The van der Waals surface area contributed by atoms with E-state index in [0.29, 0.717) is 52.1 Å². The highest BCUT2D eigenvalue weighted by atomic mass is 35.5.